The van der Waals surface area contributed by atoms with Crippen molar-refractivity contribution >= 4 is 11.4 Å². The molecule has 1 aromatic carbocycles. The van der Waals surface area contributed by atoms with E-state index >= 15 is 0 Å². The Bertz CT molecular complexity index is 392. The Labute approximate surface area is 115 Å². The molecule has 1 heterocycles. The molecule has 0 aromatic heterocycles. The molecule has 0 atom stereocenters. The highest BCUT2D eigenvalue weighted by molar-refractivity contribution is 5.55. The number of rotatable bonds is 4. The Hall–Kier alpha value is -1.22. The van der Waals surface area contributed by atoms with Gasteiger partial charge < -0.3 is 15.0 Å². The Morgan fingerprint density at radius 2 is 1.74 bits per heavy atom. The van der Waals surface area contributed by atoms with Crippen LogP contribution in [-0.2, 0) is 4.74 Å². The smallest absolute Gasteiger partial charge is 0.0610 e. The second kappa shape index (κ2) is 5.83. The Kier molecular flexibility index (Phi) is 3.92. The van der Waals surface area contributed by atoms with Crippen LogP contribution < -0.4 is 10.2 Å². The lowest BCUT2D eigenvalue weighted by molar-refractivity contribution is 0.0329. The molecular formula is C16H24N2O. The zero-order valence-corrected chi connectivity index (χ0v) is 11.8. The highest BCUT2D eigenvalue weighted by Crippen LogP contribution is 2.27. The van der Waals surface area contributed by atoms with Gasteiger partial charge in [0.2, 0.25) is 0 Å². The first kappa shape index (κ1) is 12.8. The van der Waals surface area contributed by atoms with Gasteiger partial charge >= 0.3 is 0 Å². The third-order valence-electron chi connectivity index (χ3n) is 4.39. The first-order chi connectivity index (χ1) is 9.35. The lowest BCUT2D eigenvalue weighted by Crippen LogP contribution is -2.40. The molecule has 3 nitrogen and oxygen atoms in total. The van der Waals surface area contributed by atoms with Gasteiger partial charge in [0, 0.05) is 37.6 Å². The van der Waals surface area contributed by atoms with E-state index in [1.807, 2.05) is 0 Å². The molecule has 0 bridgehead atoms. The second-order valence-corrected chi connectivity index (χ2v) is 5.76. The molecule has 1 saturated carbocycles. The molecule has 1 aliphatic carbocycles. The third kappa shape index (κ3) is 3.03. The molecule has 104 valence electrons. The van der Waals surface area contributed by atoms with Crippen molar-refractivity contribution in [1.82, 2.24) is 0 Å². The predicted molar refractivity (Wildman–Crippen MR) is 79.9 cm³/mol. The molecule has 0 spiro atoms. The maximum Gasteiger partial charge on any atom is 0.0610 e. The van der Waals surface area contributed by atoms with Gasteiger partial charge in [0.05, 0.1) is 6.10 Å². The van der Waals surface area contributed by atoms with Crippen molar-refractivity contribution in [3.05, 3.63) is 24.3 Å². The van der Waals surface area contributed by atoms with Crippen LogP contribution in [0.1, 0.15) is 32.1 Å². The van der Waals surface area contributed by atoms with Gasteiger partial charge in [-0.05, 0) is 56.4 Å². The summed E-state index contributed by atoms with van der Waals surface area (Å²) in [5.41, 5.74) is 2.61. The van der Waals surface area contributed by atoms with Gasteiger partial charge in [0.25, 0.3) is 0 Å². The van der Waals surface area contributed by atoms with Gasteiger partial charge in [-0.1, -0.05) is 0 Å². The van der Waals surface area contributed by atoms with Gasteiger partial charge in [0.1, 0.15) is 0 Å². The minimum absolute atomic E-state index is 0.463. The van der Waals surface area contributed by atoms with Crippen molar-refractivity contribution in [3.8, 4) is 0 Å². The standard InChI is InChI=1S/C16H24N2O/c1-19-16-11-14(12-16)17-13-5-7-15(8-6-13)18-9-3-2-4-10-18/h5-8,14,16-17H,2-4,9-12H2,1H3. The highest BCUT2D eigenvalue weighted by Gasteiger charge is 2.28. The summed E-state index contributed by atoms with van der Waals surface area (Å²) in [7, 11) is 1.80. The van der Waals surface area contributed by atoms with Crippen LogP contribution in [0, 0.1) is 0 Å². The monoisotopic (exact) mass is 260 g/mol. The number of nitrogens with zero attached hydrogens (tertiary/aromatic N) is 1. The van der Waals surface area contributed by atoms with E-state index in [0.717, 1.165) is 12.8 Å². The summed E-state index contributed by atoms with van der Waals surface area (Å²) >= 11 is 0. The number of methoxy groups -OCH3 is 1. The van der Waals surface area contributed by atoms with Crippen molar-refractivity contribution in [1.29, 1.82) is 0 Å². The molecule has 1 N–H and O–H groups in total. The predicted octanol–water partition coefficient (Wildman–Crippen LogP) is 3.27. The lowest BCUT2D eigenvalue weighted by atomic mass is 9.89. The number of ether oxygens (including phenoxy) is 1. The van der Waals surface area contributed by atoms with Crippen LogP contribution in [0.4, 0.5) is 11.4 Å². The molecule has 0 radical (unpaired) electrons. The number of hydrogen-bond acceptors (Lipinski definition) is 3. The number of benzene rings is 1. The zero-order chi connectivity index (χ0) is 13.1. The fourth-order valence-corrected chi connectivity index (χ4v) is 3.03. The van der Waals surface area contributed by atoms with Crippen LogP contribution in [0.5, 0.6) is 0 Å². The maximum atomic E-state index is 5.31. The van der Waals surface area contributed by atoms with E-state index in [1.54, 1.807) is 7.11 Å². The quantitative estimate of drug-likeness (QED) is 0.899. The molecule has 3 heteroatoms. The maximum absolute atomic E-state index is 5.31. The normalized spacial score (nSPS) is 26.9. The van der Waals surface area contributed by atoms with E-state index in [2.05, 4.69) is 34.5 Å². The summed E-state index contributed by atoms with van der Waals surface area (Å²) in [5, 5.41) is 3.57. The molecule has 2 fully saturated rings. The number of hydrogen-bond donors (Lipinski definition) is 1. The van der Waals surface area contributed by atoms with Crippen LogP contribution in [0.2, 0.25) is 0 Å². The van der Waals surface area contributed by atoms with Crippen LogP contribution >= 0.6 is 0 Å². The van der Waals surface area contributed by atoms with Crippen LogP contribution in [0.3, 0.4) is 0 Å². The fourth-order valence-electron chi connectivity index (χ4n) is 3.03. The minimum Gasteiger partial charge on any atom is -0.382 e. The van der Waals surface area contributed by atoms with E-state index < -0.39 is 0 Å². The summed E-state index contributed by atoms with van der Waals surface area (Å²) in [5.74, 6) is 0. The van der Waals surface area contributed by atoms with Gasteiger partial charge in [-0.15, -0.1) is 0 Å². The molecule has 0 amide bonds. The Morgan fingerprint density at radius 3 is 2.37 bits per heavy atom. The van der Waals surface area contributed by atoms with Gasteiger partial charge in [0.15, 0.2) is 0 Å². The van der Waals surface area contributed by atoms with E-state index in [0.29, 0.717) is 12.1 Å². The molecule has 0 unspecified atom stereocenters. The van der Waals surface area contributed by atoms with Crippen molar-refractivity contribution in [2.45, 2.75) is 44.2 Å². The molecule has 2 aliphatic rings. The largest absolute Gasteiger partial charge is 0.382 e. The number of piperidine rings is 1. The van der Waals surface area contributed by atoms with Crippen LogP contribution in [0.15, 0.2) is 24.3 Å². The van der Waals surface area contributed by atoms with Crippen LogP contribution in [-0.4, -0.2) is 32.3 Å². The summed E-state index contributed by atoms with van der Waals surface area (Å²) in [6.45, 7) is 2.43. The van der Waals surface area contributed by atoms with Crippen LogP contribution in [0.25, 0.3) is 0 Å². The van der Waals surface area contributed by atoms with Crippen molar-refractivity contribution in [2.24, 2.45) is 0 Å². The average molecular weight is 260 g/mol. The zero-order valence-electron chi connectivity index (χ0n) is 11.8. The van der Waals surface area contributed by atoms with E-state index in [-0.39, 0.29) is 0 Å². The van der Waals surface area contributed by atoms with Gasteiger partial charge in [-0.3, -0.25) is 0 Å². The van der Waals surface area contributed by atoms with Crippen molar-refractivity contribution in [2.75, 3.05) is 30.4 Å². The number of nitrogens with one attached hydrogen (secondary N) is 1. The van der Waals surface area contributed by atoms with E-state index in [1.165, 1.54) is 43.7 Å². The van der Waals surface area contributed by atoms with Gasteiger partial charge in [-0.2, -0.15) is 0 Å². The SMILES string of the molecule is COC1CC(Nc2ccc(N3CCCCC3)cc2)C1. The van der Waals surface area contributed by atoms with Crippen molar-refractivity contribution in [3.63, 3.8) is 0 Å². The summed E-state index contributed by atoms with van der Waals surface area (Å²) in [6, 6.07) is 9.51. The topological polar surface area (TPSA) is 24.5 Å². The third-order valence-corrected chi connectivity index (χ3v) is 4.39. The first-order valence-corrected chi connectivity index (χ1v) is 7.49. The van der Waals surface area contributed by atoms with E-state index in [9.17, 15) is 0 Å². The molecule has 1 aliphatic heterocycles. The lowest BCUT2D eigenvalue weighted by Gasteiger charge is -2.35. The molecule has 19 heavy (non-hydrogen) atoms. The summed E-state index contributed by atoms with van der Waals surface area (Å²) < 4.78 is 5.31. The summed E-state index contributed by atoms with van der Waals surface area (Å²) in [6.07, 6.45) is 6.78. The highest BCUT2D eigenvalue weighted by atomic mass is 16.5. The average Bonchev–Trinajstić information content (AvgIpc) is 2.44. The summed E-state index contributed by atoms with van der Waals surface area (Å²) in [4.78, 5) is 2.50. The Morgan fingerprint density at radius 1 is 1.05 bits per heavy atom. The van der Waals surface area contributed by atoms with Crippen molar-refractivity contribution < 1.29 is 4.74 Å². The van der Waals surface area contributed by atoms with Gasteiger partial charge in [-0.25, -0.2) is 0 Å². The minimum atomic E-state index is 0.463. The molecule has 1 saturated heterocycles. The second-order valence-electron chi connectivity index (χ2n) is 5.76. The molecule has 3 rings (SSSR count). The molecular weight excluding hydrogens is 236 g/mol. The Balaban J connectivity index is 1.54. The fraction of sp³-hybridized carbons (Fsp3) is 0.625. The number of anilines is 2. The first-order valence-electron chi connectivity index (χ1n) is 7.49. The van der Waals surface area contributed by atoms with E-state index in [4.69, 9.17) is 4.74 Å². The molecule has 1 aromatic rings.